The number of fused-ring (bicyclic) bond motifs is 2. The number of hydrogen-bond acceptors (Lipinski definition) is 4. The van der Waals surface area contributed by atoms with Gasteiger partial charge >= 0.3 is 0 Å². The topological polar surface area (TPSA) is 87.4 Å². The van der Waals surface area contributed by atoms with Crippen LogP contribution in [0, 0.1) is 41.3 Å². The van der Waals surface area contributed by atoms with E-state index in [0.29, 0.717) is 29.9 Å². The third-order valence-corrected chi connectivity index (χ3v) is 9.08. The van der Waals surface area contributed by atoms with Gasteiger partial charge in [-0.3, -0.25) is 4.79 Å². The molecule has 1 aromatic heterocycles. The van der Waals surface area contributed by atoms with Gasteiger partial charge in [-0.1, -0.05) is 23.4 Å². The third kappa shape index (κ3) is 4.23. The van der Waals surface area contributed by atoms with Gasteiger partial charge in [-0.25, -0.2) is 18.2 Å². The largest absolute Gasteiger partial charge is 0.378 e. The molecular weight excluding hydrogens is 507 g/mol. The quantitative estimate of drug-likeness (QED) is 0.507. The molecule has 1 amide bonds. The maximum absolute atomic E-state index is 13.5. The van der Waals surface area contributed by atoms with E-state index < -0.39 is 34.8 Å². The number of aromatic nitrogens is 2. The molecule has 10 heteroatoms. The van der Waals surface area contributed by atoms with E-state index >= 15 is 0 Å². The molecule has 0 aliphatic heterocycles. The first-order valence-electron chi connectivity index (χ1n) is 12.5. The minimum atomic E-state index is -2.68. The van der Waals surface area contributed by atoms with Gasteiger partial charge in [0.2, 0.25) is 0 Å². The number of nitrogens with zero attached hydrogens (tertiary/aromatic N) is 2. The molecule has 0 bridgehead atoms. The number of amides is 1. The fraction of sp³-hybridized carbons (Fsp3) is 0.556. The Balaban J connectivity index is 1.12. The molecule has 3 N–H and O–H groups in total. The van der Waals surface area contributed by atoms with Crippen molar-refractivity contribution in [3.8, 4) is 11.8 Å². The zero-order chi connectivity index (χ0) is 26.3. The van der Waals surface area contributed by atoms with E-state index in [1.165, 1.54) is 18.2 Å². The molecule has 6 rings (SSSR count). The van der Waals surface area contributed by atoms with Gasteiger partial charge in [0.15, 0.2) is 0 Å². The molecule has 4 saturated carbocycles. The summed E-state index contributed by atoms with van der Waals surface area (Å²) in [4.78, 5) is 17.6. The molecule has 4 unspecified atom stereocenters. The molecule has 4 atom stereocenters. The van der Waals surface area contributed by atoms with Crippen LogP contribution >= 0.6 is 11.6 Å². The van der Waals surface area contributed by atoms with E-state index in [-0.39, 0.29) is 41.5 Å². The first-order chi connectivity index (χ1) is 17.4. The Morgan fingerprint density at radius 3 is 2.30 bits per heavy atom. The van der Waals surface area contributed by atoms with Crippen LogP contribution in [-0.4, -0.2) is 42.8 Å². The van der Waals surface area contributed by atoms with Crippen molar-refractivity contribution >= 4 is 23.2 Å². The number of nitrogens with one attached hydrogen (secondary N) is 1. The minimum absolute atomic E-state index is 0.0274. The minimum Gasteiger partial charge on any atom is -0.378 e. The smallest absolute Gasteiger partial charge is 0.274 e. The lowest BCUT2D eigenvalue weighted by Crippen LogP contribution is -2.30. The van der Waals surface area contributed by atoms with Gasteiger partial charge in [-0.2, -0.15) is 0 Å². The molecule has 196 valence electrons. The predicted octanol–water partition coefficient (Wildman–Crippen LogP) is 4.51. The van der Waals surface area contributed by atoms with Crippen LogP contribution in [0.2, 0.25) is 5.02 Å². The summed E-state index contributed by atoms with van der Waals surface area (Å²) in [5.41, 5.74) is -1.23. The second kappa shape index (κ2) is 8.23. The lowest BCUT2D eigenvalue weighted by atomic mass is 9.91. The second-order valence-electron chi connectivity index (χ2n) is 11.4. The Bertz CT molecular complexity index is 1320. The van der Waals surface area contributed by atoms with Crippen LogP contribution in [0.5, 0.6) is 0 Å². The number of hydrogen-bond donors (Lipinski definition) is 3. The van der Waals surface area contributed by atoms with Crippen LogP contribution in [-0.2, 0) is 7.05 Å². The zero-order valence-electron chi connectivity index (χ0n) is 20.1. The zero-order valence-corrected chi connectivity index (χ0v) is 20.9. The van der Waals surface area contributed by atoms with Gasteiger partial charge < -0.3 is 20.1 Å². The number of aliphatic hydroxyl groups is 2. The Labute approximate surface area is 217 Å². The number of halogens is 4. The Morgan fingerprint density at radius 2 is 1.70 bits per heavy atom. The van der Waals surface area contributed by atoms with Gasteiger partial charge in [-0.05, 0) is 68.6 Å². The first kappa shape index (κ1) is 24.8. The van der Waals surface area contributed by atoms with E-state index in [1.807, 2.05) is 0 Å². The number of anilines is 1. The average Bonchev–Trinajstić information content (AvgIpc) is 3.38. The highest BCUT2D eigenvalue weighted by Gasteiger charge is 2.74. The maximum atomic E-state index is 13.5. The van der Waals surface area contributed by atoms with Crippen LogP contribution in [0.25, 0.3) is 0 Å². The number of benzene rings is 1. The molecule has 6 nitrogen and oxygen atoms in total. The molecule has 4 aliphatic carbocycles. The number of carbonyl (C=O) groups is 1. The van der Waals surface area contributed by atoms with Crippen molar-refractivity contribution < 1.29 is 28.2 Å². The van der Waals surface area contributed by atoms with Crippen molar-refractivity contribution in [2.24, 2.45) is 30.7 Å². The van der Waals surface area contributed by atoms with Crippen molar-refractivity contribution in [1.82, 2.24) is 9.55 Å². The van der Waals surface area contributed by atoms with E-state index in [9.17, 15) is 28.2 Å². The molecule has 0 radical (unpaired) electrons. The standard InChI is InChI=1S/C27H27ClF3N3O3/c1-34-13-32-22(23(34)24(35)33-17-2-3-21(29)20(28)8-17)14-6-15-9-25(36,10-16(15)7-14)4-5-26(37)11-18-19(12-26)27(18,30)31/h2-3,8,13-16,18-19,36-37H,6-7,9-12H2,1H3,(H,33,35). The monoisotopic (exact) mass is 533 g/mol. The number of rotatable bonds is 3. The lowest BCUT2D eigenvalue weighted by molar-refractivity contribution is 0.0133. The van der Waals surface area contributed by atoms with Crippen molar-refractivity contribution in [2.75, 3.05) is 5.32 Å². The van der Waals surface area contributed by atoms with E-state index in [4.69, 9.17) is 11.6 Å². The summed E-state index contributed by atoms with van der Waals surface area (Å²) in [6.07, 6.45) is 3.83. The van der Waals surface area contributed by atoms with Gasteiger partial charge in [-0.15, -0.1) is 0 Å². The first-order valence-corrected chi connectivity index (χ1v) is 12.9. The summed E-state index contributed by atoms with van der Waals surface area (Å²) < 4.78 is 42.1. The molecule has 2 aromatic rings. The second-order valence-corrected chi connectivity index (χ2v) is 11.8. The van der Waals surface area contributed by atoms with Gasteiger partial charge in [0.25, 0.3) is 11.8 Å². The Kier molecular flexibility index (Phi) is 5.51. The number of aryl methyl sites for hydroxylation is 1. The van der Waals surface area contributed by atoms with Crippen molar-refractivity contribution in [1.29, 1.82) is 0 Å². The van der Waals surface area contributed by atoms with Gasteiger partial charge in [0.05, 0.1) is 17.0 Å². The SMILES string of the molecule is Cn1cnc(C2CC3CC(O)(C#CC4(O)CC5C(C4)C5(F)F)CC3C2)c1C(=O)Nc1ccc(F)c(Cl)c1. The fourth-order valence-corrected chi connectivity index (χ4v) is 7.12. The lowest BCUT2D eigenvalue weighted by Gasteiger charge is -2.22. The summed E-state index contributed by atoms with van der Waals surface area (Å²) in [6, 6.07) is 3.98. The van der Waals surface area contributed by atoms with Crippen LogP contribution < -0.4 is 5.32 Å². The van der Waals surface area contributed by atoms with Gasteiger partial charge in [0, 0.05) is 30.5 Å². The fourth-order valence-electron chi connectivity index (χ4n) is 6.94. The molecule has 0 saturated heterocycles. The molecule has 37 heavy (non-hydrogen) atoms. The van der Waals surface area contributed by atoms with Gasteiger partial charge in [0.1, 0.15) is 22.7 Å². The Morgan fingerprint density at radius 1 is 1.11 bits per heavy atom. The highest BCUT2D eigenvalue weighted by Crippen LogP contribution is 2.66. The van der Waals surface area contributed by atoms with Crippen LogP contribution in [0.3, 0.4) is 0 Å². The van der Waals surface area contributed by atoms with Crippen LogP contribution in [0.1, 0.15) is 60.6 Å². The third-order valence-electron chi connectivity index (χ3n) is 8.79. The van der Waals surface area contributed by atoms with Crippen molar-refractivity contribution in [3.05, 3.63) is 46.8 Å². The maximum Gasteiger partial charge on any atom is 0.274 e. The van der Waals surface area contributed by atoms with Crippen molar-refractivity contribution in [3.63, 3.8) is 0 Å². The summed E-state index contributed by atoms with van der Waals surface area (Å²) in [5, 5.41) is 24.4. The molecule has 4 aliphatic rings. The summed E-state index contributed by atoms with van der Waals surface area (Å²) in [7, 11) is 1.74. The molecular formula is C27H27ClF3N3O3. The Hall–Kier alpha value is -2.54. The highest BCUT2D eigenvalue weighted by atomic mass is 35.5. The summed E-state index contributed by atoms with van der Waals surface area (Å²) >= 11 is 5.83. The summed E-state index contributed by atoms with van der Waals surface area (Å²) in [6.45, 7) is 0. The van der Waals surface area contributed by atoms with Crippen LogP contribution in [0.15, 0.2) is 24.5 Å². The van der Waals surface area contributed by atoms with Crippen molar-refractivity contribution in [2.45, 2.75) is 61.6 Å². The average molecular weight is 534 g/mol. The van der Waals surface area contributed by atoms with E-state index in [1.54, 1.807) is 17.9 Å². The molecule has 1 aromatic carbocycles. The molecule has 1 heterocycles. The van der Waals surface area contributed by atoms with Crippen LogP contribution in [0.4, 0.5) is 18.9 Å². The van der Waals surface area contributed by atoms with E-state index in [0.717, 1.165) is 12.8 Å². The number of carbonyl (C=O) groups excluding carboxylic acids is 1. The van der Waals surface area contributed by atoms with E-state index in [2.05, 4.69) is 22.1 Å². The normalized spacial score (nSPS) is 37.0. The number of alkyl halides is 2. The predicted molar refractivity (Wildman–Crippen MR) is 130 cm³/mol. The molecule has 4 fully saturated rings. The molecule has 0 spiro atoms. The highest BCUT2D eigenvalue weighted by molar-refractivity contribution is 6.31. The summed E-state index contributed by atoms with van der Waals surface area (Å²) in [5.74, 6) is 0.762. The number of imidazole rings is 1.